The molecule has 1 aromatic rings. The minimum absolute atomic E-state index is 0.0173. The highest BCUT2D eigenvalue weighted by Crippen LogP contribution is 2.16. The molecule has 2 N–H and O–H groups in total. The highest BCUT2D eigenvalue weighted by atomic mass is 35.5. The molecule has 2 unspecified atom stereocenters. The van der Waals surface area contributed by atoms with Crippen molar-refractivity contribution >= 4 is 17.5 Å². The third-order valence-electron chi connectivity index (χ3n) is 3.31. The predicted molar refractivity (Wildman–Crippen MR) is 80.0 cm³/mol. The lowest BCUT2D eigenvalue weighted by Crippen LogP contribution is -2.43. The van der Waals surface area contributed by atoms with Gasteiger partial charge in [-0.2, -0.15) is 0 Å². The summed E-state index contributed by atoms with van der Waals surface area (Å²) < 4.78 is 5.52. The van der Waals surface area contributed by atoms with Gasteiger partial charge in [0.2, 0.25) is 5.91 Å². The van der Waals surface area contributed by atoms with Gasteiger partial charge in [0.05, 0.1) is 19.1 Å². The van der Waals surface area contributed by atoms with Crippen molar-refractivity contribution in [1.29, 1.82) is 0 Å². The first-order chi connectivity index (χ1) is 9.65. The van der Waals surface area contributed by atoms with Crippen LogP contribution >= 0.6 is 11.6 Å². The Labute approximate surface area is 124 Å². The van der Waals surface area contributed by atoms with Gasteiger partial charge < -0.3 is 15.4 Å². The minimum Gasteiger partial charge on any atom is -0.375 e. The Kier molecular flexibility index (Phi) is 5.83. The number of halogens is 1. The van der Waals surface area contributed by atoms with Gasteiger partial charge in [-0.15, -0.1) is 0 Å². The molecule has 0 bridgehead atoms. The van der Waals surface area contributed by atoms with E-state index >= 15 is 0 Å². The fraction of sp³-hybridized carbons (Fsp3) is 0.533. The average Bonchev–Trinajstić information content (AvgIpc) is 2.42. The van der Waals surface area contributed by atoms with Crippen molar-refractivity contribution in [2.75, 3.05) is 19.7 Å². The van der Waals surface area contributed by atoms with Crippen molar-refractivity contribution < 1.29 is 9.53 Å². The number of nitrogens with one attached hydrogen (secondary N) is 2. The molecule has 0 spiro atoms. The molecule has 1 aliphatic rings. The molecule has 2 rings (SSSR count). The van der Waals surface area contributed by atoms with E-state index in [0.29, 0.717) is 13.0 Å². The van der Waals surface area contributed by atoms with Gasteiger partial charge in [-0.05, 0) is 25.0 Å². The van der Waals surface area contributed by atoms with E-state index < -0.39 is 0 Å². The van der Waals surface area contributed by atoms with Gasteiger partial charge in [-0.1, -0.05) is 29.8 Å². The highest BCUT2D eigenvalue weighted by Gasteiger charge is 2.18. The number of hydrogen-bond donors (Lipinski definition) is 2. The summed E-state index contributed by atoms with van der Waals surface area (Å²) in [6.07, 6.45) is 1.12. The summed E-state index contributed by atoms with van der Waals surface area (Å²) in [5.74, 6) is 0.0262. The van der Waals surface area contributed by atoms with Gasteiger partial charge in [0, 0.05) is 24.2 Å². The van der Waals surface area contributed by atoms with Gasteiger partial charge in [0.15, 0.2) is 0 Å². The second-order valence-corrected chi connectivity index (χ2v) is 5.57. The first-order valence-electron chi connectivity index (χ1n) is 7.00. The van der Waals surface area contributed by atoms with E-state index in [1.165, 1.54) is 0 Å². The molecule has 1 saturated heterocycles. The van der Waals surface area contributed by atoms with Crippen molar-refractivity contribution in [2.45, 2.75) is 31.9 Å². The fourth-order valence-electron chi connectivity index (χ4n) is 2.34. The van der Waals surface area contributed by atoms with Crippen LogP contribution in [-0.2, 0) is 16.0 Å². The van der Waals surface area contributed by atoms with Crippen molar-refractivity contribution in [2.24, 2.45) is 0 Å². The maximum Gasteiger partial charge on any atom is 0.222 e. The standard InChI is InChI=1S/C15H21ClN2O2/c1-11(8-12-4-2-3-5-14(12)16)18-15(19)9-13-10-17-6-7-20-13/h2-5,11,13,17H,6-10H2,1H3,(H,18,19). The second kappa shape index (κ2) is 7.62. The summed E-state index contributed by atoms with van der Waals surface area (Å²) in [7, 11) is 0. The lowest BCUT2D eigenvalue weighted by atomic mass is 10.1. The molecule has 4 nitrogen and oxygen atoms in total. The number of carbonyl (C=O) groups is 1. The molecular weight excluding hydrogens is 276 g/mol. The summed E-state index contributed by atoms with van der Waals surface area (Å²) in [6.45, 7) is 4.27. The van der Waals surface area contributed by atoms with E-state index in [9.17, 15) is 4.79 Å². The molecule has 1 amide bonds. The number of hydrogen-bond acceptors (Lipinski definition) is 3. The van der Waals surface area contributed by atoms with E-state index in [0.717, 1.165) is 30.1 Å². The summed E-state index contributed by atoms with van der Waals surface area (Å²) in [5, 5.41) is 6.96. The fourth-order valence-corrected chi connectivity index (χ4v) is 2.55. The average molecular weight is 297 g/mol. The van der Waals surface area contributed by atoms with Crippen molar-refractivity contribution in [1.82, 2.24) is 10.6 Å². The SMILES string of the molecule is CC(Cc1ccccc1Cl)NC(=O)CC1CNCCO1. The van der Waals surface area contributed by atoms with Crippen LogP contribution in [0.25, 0.3) is 0 Å². The second-order valence-electron chi connectivity index (χ2n) is 5.17. The molecule has 110 valence electrons. The number of amides is 1. The topological polar surface area (TPSA) is 50.4 Å². The smallest absolute Gasteiger partial charge is 0.222 e. The lowest BCUT2D eigenvalue weighted by molar-refractivity contribution is -0.125. The monoisotopic (exact) mass is 296 g/mol. The predicted octanol–water partition coefficient (Wildman–Crippen LogP) is 1.77. The zero-order chi connectivity index (χ0) is 14.4. The zero-order valence-electron chi connectivity index (χ0n) is 11.7. The summed E-state index contributed by atoms with van der Waals surface area (Å²) in [6, 6.07) is 7.77. The molecule has 2 atom stereocenters. The molecule has 20 heavy (non-hydrogen) atoms. The molecule has 1 aliphatic heterocycles. The van der Waals surface area contributed by atoms with E-state index in [4.69, 9.17) is 16.3 Å². The van der Waals surface area contributed by atoms with Crippen LogP contribution in [0.2, 0.25) is 5.02 Å². The van der Waals surface area contributed by atoms with Gasteiger partial charge in [-0.3, -0.25) is 4.79 Å². The van der Waals surface area contributed by atoms with Crippen LogP contribution in [0.1, 0.15) is 18.9 Å². The van der Waals surface area contributed by atoms with Crippen LogP contribution in [-0.4, -0.2) is 37.7 Å². The zero-order valence-corrected chi connectivity index (χ0v) is 12.5. The number of benzene rings is 1. The van der Waals surface area contributed by atoms with Crippen LogP contribution in [0.15, 0.2) is 24.3 Å². The van der Waals surface area contributed by atoms with Gasteiger partial charge in [-0.25, -0.2) is 0 Å². The number of carbonyl (C=O) groups excluding carboxylic acids is 1. The van der Waals surface area contributed by atoms with Gasteiger partial charge in [0.1, 0.15) is 0 Å². The van der Waals surface area contributed by atoms with Crippen LogP contribution in [0.3, 0.4) is 0 Å². The number of morpholine rings is 1. The molecular formula is C15H21ClN2O2. The Morgan fingerprint density at radius 3 is 3.05 bits per heavy atom. The minimum atomic E-state index is -0.0173. The molecule has 1 heterocycles. The molecule has 0 radical (unpaired) electrons. The number of rotatable bonds is 5. The Morgan fingerprint density at radius 2 is 2.35 bits per heavy atom. The van der Waals surface area contributed by atoms with Crippen LogP contribution in [0, 0.1) is 0 Å². The van der Waals surface area contributed by atoms with E-state index in [1.807, 2.05) is 31.2 Å². The molecule has 5 heteroatoms. The Hall–Kier alpha value is -1.10. The van der Waals surface area contributed by atoms with E-state index in [-0.39, 0.29) is 18.1 Å². The van der Waals surface area contributed by atoms with Crippen molar-refractivity contribution in [3.05, 3.63) is 34.9 Å². The van der Waals surface area contributed by atoms with Gasteiger partial charge >= 0.3 is 0 Å². The lowest BCUT2D eigenvalue weighted by Gasteiger charge is -2.24. The molecule has 0 aromatic heterocycles. The largest absolute Gasteiger partial charge is 0.375 e. The maximum absolute atomic E-state index is 11.9. The van der Waals surface area contributed by atoms with Crippen LogP contribution in [0.4, 0.5) is 0 Å². The first-order valence-corrected chi connectivity index (χ1v) is 7.38. The van der Waals surface area contributed by atoms with Crippen LogP contribution < -0.4 is 10.6 Å². The number of ether oxygens (including phenoxy) is 1. The Morgan fingerprint density at radius 1 is 1.55 bits per heavy atom. The van der Waals surface area contributed by atoms with Crippen LogP contribution in [0.5, 0.6) is 0 Å². The van der Waals surface area contributed by atoms with Gasteiger partial charge in [0.25, 0.3) is 0 Å². The van der Waals surface area contributed by atoms with Crippen molar-refractivity contribution in [3.63, 3.8) is 0 Å². The summed E-state index contributed by atoms with van der Waals surface area (Å²) in [5.41, 5.74) is 1.05. The van der Waals surface area contributed by atoms with E-state index in [1.54, 1.807) is 0 Å². The third-order valence-corrected chi connectivity index (χ3v) is 3.68. The Balaban J connectivity index is 1.77. The molecule has 0 saturated carbocycles. The maximum atomic E-state index is 11.9. The molecule has 0 aliphatic carbocycles. The normalized spacial score (nSPS) is 20.4. The molecule has 1 fully saturated rings. The summed E-state index contributed by atoms with van der Waals surface area (Å²) in [4.78, 5) is 11.9. The quantitative estimate of drug-likeness (QED) is 0.871. The van der Waals surface area contributed by atoms with E-state index in [2.05, 4.69) is 10.6 Å². The molecule has 1 aromatic carbocycles. The third kappa shape index (κ3) is 4.78. The summed E-state index contributed by atoms with van der Waals surface area (Å²) >= 11 is 6.12. The Bertz CT molecular complexity index is 447. The van der Waals surface area contributed by atoms with Crippen molar-refractivity contribution in [3.8, 4) is 0 Å². The first kappa shape index (κ1) is 15.3. The highest BCUT2D eigenvalue weighted by molar-refractivity contribution is 6.31.